The number of hydrogen-bond donors (Lipinski definition) is 1. The number of hydrogen-bond acceptors (Lipinski definition) is 2. The first-order valence-corrected chi connectivity index (χ1v) is 7.39. The normalized spacial score (nSPS) is 27.5. The molecule has 2 saturated heterocycles. The van der Waals surface area contributed by atoms with Gasteiger partial charge in [0.25, 0.3) is 0 Å². The summed E-state index contributed by atoms with van der Waals surface area (Å²) >= 11 is 0. The first-order chi connectivity index (χ1) is 9.34. The predicted molar refractivity (Wildman–Crippen MR) is 76.0 cm³/mol. The van der Waals surface area contributed by atoms with Gasteiger partial charge < -0.3 is 10.2 Å². The van der Waals surface area contributed by atoms with Gasteiger partial charge in [-0.05, 0) is 31.4 Å². The zero-order valence-electron chi connectivity index (χ0n) is 11.3. The number of benzene rings is 1. The lowest BCUT2D eigenvalue weighted by atomic mass is 9.97. The molecule has 2 atom stereocenters. The number of nitrogens with zero attached hydrogens (tertiary/aromatic N) is 1. The second-order valence-electron chi connectivity index (χ2n) is 5.72. The quantitative estimate of drug-likeness (QED) is 0.880. The molecule has 3 heteroatoms. The van der Waals surface area contributed by atoms with Crippen LogP contribution in [-0.4, -0.2) is 37.0 Å². The lowest BCUT2D eigenvalue weighted by Gasteiger charge is -2.27. The molecule has 0 bridgehead atoms. The number of carbonyl (C=O) groups is 1. The molecule has 3 rings (SSSR count). The Kier molecular flexibility index (Phi) is 3.83. The second kappa shape index (κ2) is 5.74. The minimum atomic E-state index is 0.211. The lowest BCUT2D eigenvalue weighted by Crippen LogP contribution is -2.42. The van der Waals surface area contributed by atoms with Crippen molar-refractivity contribution < 1.29 is 4.79 Å². The maximum absolute atomic E-state index is 12.5. The van der Waals surface area contributed by atoms with Gasteiger partial charge in [-0.25, -0.2) is 0 Å². The van der Waals surface area contributed by atoms with Crippen molar-refractivity contribution in [2.75, 3.05) is 26.2 Å². The average molecular weight is 258 g/mol. The summed E-state index contributed by atoms with van der Waals surface area (Å²) in [7, 11) is 0. The summed E-state index contributed by atoms with van der Waals surface area (Å²) in [4.78, 5) is 14.5. The van der Waals surface area contributed by atoms with Crippen LogP contribution in [0.3, 0.4) is 0 Å². The summed E-state index contributed by atoms with van der Waals surface area (Å²) in [5.74, 6) is 1.11. The molecule has 1 N–H and O–H groups in total. The van der Waals surface area contributed by atoms with Crippen LogP contribution >= 0.6 is 0 Å². The predicted octanol–water partition coefficient (Wildman–Crippen LogP) is 2.00. The molecule has 19 heavy (non-hydrogen) atoms. The molecule has 0 radical (unpaired) electrons. The first-order valence-electron chi connectivity index (χ1n) is 7.39. The number of amides is 1. The van der Waals surface area contributed by atoms with Crippen LogP contribution in [0.15, 0.2) is 30.3 Å². The Morgan fingerprint density at radius 2 is 2.05 bits per heavy atom. The van der Waals surface area contributed by atoms with E-state index in [4.69, 9.17) is 0 Å². The molecule has 3 nitrogen and oxygen atoms in total. The molecule has 2 heterocycles. The minimum Gasteiger partial charge on any atom is -0.342 e. The largest absolute Gasteiger partial charge is 0.342 e. The van der Waals surface area contributed by atoms with E-state index in [0.29, 0.717) is 11.8 Å². The van der Waals surface area contributed by atoms with Gasteiger partial charge in [0.15, 0.2) is 0 Å². The minimum absolute atomic E-state index is 0.211. The fourth-order valence-electron chi connectivity index (χ4n) is 3.28. The number of rotatable bonds is 2. The molecule has 1 unspecified atom stereocenters. The van der Waals surface area contributed by atoms with Crippen molar-refractivity contribution in [2.24, 2.45) is 5.92 Å². The summed E-state index contributed by atoms with van der Waals surface area (Å²) in [6.45, 7) is 3.76. The van der Waals surface area contributed by atoms with Gasteiger partial charge in [-0.3, -0.25) is 4.79 Å². The maximum atomic E-state index is 12.5. The summed E-state index contributed by atoms with van der Waals surface area (Å²) in [5, 5.41) is 3.33. The zero-order chi connectivity index (χ0) is 13.1. The molecule has 1 aromatic carbocycles. The molecule has 2 fully saturated rings. The molecular weight excluding hydrogens is 236 g/mol. The topological polar surface area (TPSA) is 32.3 Å². The Bertz CT molecular complexity index is 426. The fourth-order valence-corrected chi connectivity index (χ4v) is 3.28. The van der Waals surface area contributed by atoms with Gasteiger partial charge in [-0.15, -0.1) is 0 Å². The zero-order valence-corrected chi connectivity index (χ0v) is 11.3. The molecule has 0 saturated carbocycles. The number of carbonyl (C=O) groups excluding carboxylic acids is 1. The van der Waals surface area contributed by atoms with E-state index in [-0.39, 0.29) is 5.92 Å². The third-order valence-electron chi connectivity index (χ3n) is 4.42. The van der Waals surface area contributed by atoms with Crippen LogP contribution in [0.4, 0.5) is 0 Å². The van der Waals surface area contributed by atoms with E-state index in [0.717, 1.165) is 45.4 Å². The van der Waals surface area contributed by atoms with Crippen LogP contribution in [0.25, 0.3) is 0 Å². The highest BCUT2D eigenvalue weighted by molar-refractivity contribution is 5.79. The number of likely N-dealkylation sites (tertiary alicyclic amines) is 1. The Morgan fingerprint density at radius 1 is 1.21 bits per heavy atom. The van der Waals surface area contributed by atoms with E-state index in [9.17, 15) is 4.79 Å². The Labute approximate surface area is 115 Å². The highest BCUT2D eigenvalue weighted by atomic mass is 16.2. The molecular formula is C16H22N2O. The van der Waals surface area contributed by atoms with E-state index < -0.39 is 0 Å². The van der Waals surface area contributed by atoms with Crippen LogP contribution in [0.2, 0.25) is 0 Å². The van der Waals surface area contributed by atoms with Gasteiger partial charge in [-0.2, -0.15) is 0 Å². The van der Waals surface area contributed by atoms with Crippen molar-refractivity contribution in [1.29, 1.82) is 0 Å². The maximum Gasteiger partial charge on any atom is 0.226 e. The summed E-state index contributed by atoms with van der Waals surface area (Å²) in [6, 6.07) is 10.6. The molecule has 2 aliphatic rings. The van der Waals surface area contributed by atoms with Crippen molar-refractivity contribution in [1.82, 2.24) is 10.2 Å². The third-order valence-corrected chi connectivity index (χ3v) is 4.42. The Morgan fingerprint density at radius 3 is 2.79 bits per heavy atom. The molecule has 2 aliphatic heterocycles. The van der Waals surface area contributed by atoms with Gasteiger partial charge in [-0.1, -0.05) is 30.3 Å². The van der Waals surface area contributed by atoms with Crippen molar-refractivity contribution in [3.63, 3.8) is 0 Å². The van der Waals surface area contributed by atoms with Crippen LogP contribution < -0.4 is 5.32 Å². The molecule has 0 aliphatic carbocycles. The van der Waals surface area contributed by atoms with Crippen molar-refractivity contribution in [2.45, 2.75) is 25.2 Å². The lowest BCUT2D eigenvalue weighted by molar-refractivity contribution is -0.135. The van der Waals surface area contributed by atoms with E-state index in [1.54, 1.807) is 0 Å². The van der Waals surface area contributed by atoms with E-state index in [2.05, 4.69) is 40.5 Å². The van der Waals surface area contributed by atoms with Gasteiger partial charge in [0, 0.05) is 25.6 Å². The van der Waals surface area contributed by atoms with E-state index in [1.807, 2.05) is 0 Å². The highest BCUT2D eigenvalue weighted by Gasteiger charge is 2.31. The van der Waals surface area contributed by atoms with Crippen LogP contribution in [-0.2, 0) is 4.79 Å². The van der Waals surface area contributed by atoms with Gasteiger partial charge >= 0.3 is 0 Å². The summed E-state index contributed by atoms with van der Waals surface area (Å²) in [5.41, 5.74) is 1.37. The highest BCUT2D eigenvalue weighted by Crippen LogP contribution is 2.28. The fraction of sp³-hybridized carbons (Fsp3) is 0.562. The van der Waals surface area contributed by atoms with Gasteiger partial charge in [0.1, 0.15) is 0 Å². The number of nitrogens with one attached hydrogen (secondary N) is 1. The SMILES string of the molecule is O=C([C@@H]1CCCNC1)N1CCC(c2ccccc2)C1. The van der Waals surface area contributed by atoms with E-state index >= 15 is 0 Å². The molecule has 0 spiro atoms. The van der Waals surface area contributed by atoms with Crippen molar-refractivity contribution in [3.8, 4) is 0 Å². The molecule has 1 aromatic rings. The average Bonchev–Trinajstić information content (AvgIpc) is 2.98. The second-order valence-corrected chi connectivity index (χ2v) is 5.72. The van der Waals surface area contributed by atoms with Crippen LogP contribution in [0.5, 0.6) is 0 Å². The van der Waals surface area contributed by atoms with Crippen LogP contribution in [0.1, 0.15) is 30.7 Å². The Balaban J connectivity index is 1.61. The van der Waals surface area contributed by atoms with Gasteiger partial charge in [0.2, 0.25) is 5.91 Å². The van der Waals surface area contributed by atoms with Crippen molar-refractivity contribution in [3.05, 3.63) is 35.9 Å². The monoisotopic (exact) mass is 258 g/mol. The molecule has 0 aromatic heterocycles. The summed E-state index contributed by atoms with van der Waals surface area (Å²) < 4.78 is 0. The number of piperidine rings is 1. The van der Waals surface area contributed by atoms with Crippen molar-refractivity contribution >= 4 is 5.91 Å². The standard InChI is InChI=1S/C16H22N2O/c19-16(14-7-4-9-17-11-14)18-10-8-15(12-18)13-5-2-1-3-6-13/h1-3,5-6,14-15,17H,4,7-12H2/t14-,15?/m1/s1. The first kappa shape index (κ1) is 12.7. The van der Waals surface area contributed by atoms with E-state index in [1.165, 1.54) is 5.56 Å². The van der Waals surface area contributed by atoms with Gasteiger partial charge in [0.05, 0.1) is 5.92 Å². The molecule has 1 amide bonds. The summed E-state index contributed by atoms with van der Waals surface area (Å²) in [6.07, 6.45) is 3.29. The molecule has 102 valence electrons. The van der Waals surface area contributed by atoms with Crippen LogP contribution in [0, 0.1) is 5.92 Å². The Hall–Kier alpha value is -1.35. The third kappa shape index (κ3) is 2.81. The smallest absolute Gasteiger partial charge is 0.226 e.